The maximum Gasteiger partial charge on any atom is 0.227 e. The lowest BCUT2D eigenvalue weighted by Crippen LogP contribution is -2.00. The van der Waals surface area contributed by atoms with Gasteiger partial charge in [0.15, 0.2) is 23.1 Å². The second-order valence-electron chi connectivity index (χ2n) is 14.6. The van der Waals surface area contributed by atoms with Gasteiger partial charge in [-0.2, -0.15) is 0 Å². The summed E-state index contributed by atoms with van der Waals surface area (Å²) >= 11 is 0. The molecule has 9 aromatic carbocycles. The van der Waals surface area contributed by atoms with E-state index >= 15 is 0 Å². The van der Waals surface area contributed by atoms with Gasteiger partial charge in [-0.25, -0.2) is 19.9 Å². The van der Waals surface area contributed by atoms with Gasteiger partial charge in [-0.1, -0.05) is 194 Å². The normalized spacial score (nSPS) is 11.4. The number of oxazole rings is 1. The Kier molecular flexibility index (Phi) is 8.41. The molecule has 0 N–H and O–H groups in total. The highest BCUT2D eigenvalue weighted by molar-refractivity contribution is 6.05. The molecule has 0 fully saturated rings. The molecule has 0 spiro atoms. The summed E-state index contributed by atoms with van der Waals surface area (Å²) < 4.78 is 6.56. The first kappa shape index (κ1) is 34.2. The maximum absolute atomic E-state index is 6.56. The van der Waals surface area contributed by atoms with Gasteiger partial charge in [0.05, 0.1) is 0 Å². The molecule has 2 heterocycles. The van der Waals surface area contributed by atoms with Crippen molar-refractivity contribution in [3.8, 4) is 79.0 Å². The molecule has 0 atom stereocenters. The topological polar surface area (TPSA) is 64.7 Å². The quantitative estimate of drug-likeness (QED) is 0.162. The van der Waals surface area contributed by atoms with E-state index in [1.54, 1.807) is 0 Å². The molecule has 59 heavy (non-hydrogen) atoms. The highest BCUT2D eigenvalue weighted by atomic mass is 16.3. The highest BCUT2D eigenvalue weighted by Crippen LogP contribution is 2.41. The molecule has 276 valence electrons. The lowest BCUT2D eigenvalue weighted by atomic mass is 9.89. The fourth-order valence-corrected chi connectivity index (χ4v) is 8.08. The SMILES string of the molecule is c1ccc(-c2nc(-c3ccccc3)nc(-c3ccc(-c4c(-c5ccc(-c6cccc7nc(-c8cccc9ccccc89)oc67)cc5)ccc5ccccc45)cc3)n2)cc1. The summed E-state index contributed by atoms with van der Waals surface area (Å²) in [6.45, 7) is 0. The van der Waals surface area contributed by atoms with E-state index in [1.165, 1.54) is 16.3 Å². The Morgan fingerprint density at radius 3 is 1.42 bits per heavy atom. The first-order valence-corrected chi connectivity index (χ1v) is 19.7. The Labute approximate surface area is 341 Å². The predicted octanol–water partition coefficient (Wildman–Crippen LogP) is 14.0. The number of hydrogen-bond acceptors (Lipinski definition) is 5. The number of fused-ring (bicyclic) bond motifs is 3. The molecule has 5 heteroatoms. The van der Waals surface area contributed by atoms with Crippen LogP contribution >= 0.6 is 0 Å². The van der Waals surface area contributed by atoms with Gasteiger partial charge in [-0.15, -0.1) is 0 Å². The Morgan fingerprint density at radius 1 is 0.288 bits per heavy atom. The summed E-state index contributed by atoms with van der Waals surface area (Å²) in [6, 6.07) is 71.3. The second-order valence-corrected chi connectivity index (χ2v) is 14.6. The summed E-state index contributed by atoms with van der Waals surface area (Å²) in [5, 5.41) is 4.65. The van der Waals surface area contributed by atoms with Crippen LogP contribution in [0.1, 0.15) is 0 Å². The van der Waals surface area contributed by atoms with E-state index in [0.717, 1.165) is 71.9 Å². The highest BCUT2D eigenvalue weighted by Gasteiger charge is 2.18. The molecule has 0 radical (unpaired) electrons. The number of aromatic nitrogens is 4. The van der Waals surface area contributed by atoms with Gasteiger partial charge in [-0.05, 0) is 61.5 Å². The molecule has 5 nitrogen and oxygen atoms in total. The van der Waals surface area contributed by atoms with Crippen LogP contribution in [0.5, 0.6) is 0 Å². The number of para-hydroxylation sites is 1. The minimum Gasteiger partial charge on any atom is -0.435 e. The van der Waals surface area contributed by atoms with E-state index in [1.807, 2.05) is 72.8 Å². The van der Waals surface area contributed by atoms with Gasteiger partial charge in [0.2, 0.25) is 5.89 Å². The van der Waals surface area contributed by atoms with E-state index in [-0.39, 0.29) is 0 Å². The standard InChI is InChI=1S/C54H34N4O/c1-3-15-40(16-4-1)51-56-52(41-17-5-2-6-18-41)58-53(57-51)42-31-29-39(30-32-42)49-44-21-10-8-14-36(44)33-34-45(49)37-25-27-38(28-26-37)46-22-12-24-48-50(46)59-54(55-48)47-23-11-19-35-13-7-9-20-43(35)47/h1-34H. The van der Waals surface area contributed by atoms with Crippen LogP contribution in [0.3, 0.4) is 0 Å². The van der Waals surface area contributed by atoms with Crippen molar-refractivity contribution in [1.29, 1.82) is 0 Å². The molecule has 0 unspecified atom stereocenters. The van der Waals surface area contributed by atoms with Crippen LogP contribution in [0.25, 0.3) is 112 Å². The van der Waals surface area contributed by atoms with E-state index in [0.29, 0.717) is 23.4 Å². The monoisotopic (exact) mass is 754 g/mol. The first-order chi connectivity index (χ1) is 29.2. The van der Waals surface area contributed by atoms with Gasteiger partial charge >= 0.3 is 0 Å². The molecule has 0 aliphatic carbocycles. The van der Waals surface area contributed by atoms with Crippen molar-refractivity contribution < 1.29 is 4.42 Å². The largest absolute Gasteiger partial charge is 0.435 e. The Hall–Kier alpha value is -8.02. The number of hydrogen-bond donors (Lipinski definition) is 0. The van der Waals surface area contributed by atoms with Crippen molar-refractivity contribution in [2.24, 2.45) is 0 Å². The fourth-order valence-electron chi connectivity index (χ4n) is 8.08. The van der Waals surface area contributed by atoms with Crippen LogP contribution in [-0.4, -0.2) is 19.9 Å². The van der Waals surface area contributed by atoms with Crippen LogP contribution in [0.15, 0.2) is 211 Å². The van der Waals surface area contributed by atoms with Crippen molar-refractivity contribution in [1.82, 2.24) is 19.9 Å². The maximum atomic E-state index is 6.56. The summed E-state index contributed by atoms with van der Waals surface area (Å²) in [5.74, 6) is 2.53. The van der Waals surface area contributed by atoms with E-state index < -0.39 is 0 Å². The molecule has 2 aromatic heterocycles. The molecule has 0 amide bonds. The zero-order valence-electron chi connectivity index (χ0n) is 31.8. The molecule has 0 saturated heterocycles. The lowest BCUT2D eigenvalue weighted by Gasteiger charge is -2.15. The van der Waals surface area contributed by atoms with Crippen molar-refractivity contribution in [2.45, 2.75) is 0 Å². The Morgan fingerprint density at radius 2 is 0.763 bits per heavy atom. The smallest absolute Gasteiger partial charge is 0.227 e. The molecule has 11 rings (SSSR count). The predicted molar refractivity (Wildman–Crippen MR) is 240 cm³/mol. The fraction of sp³-hybridized carbons (Fsp3) is 0. The van der Waals surface area contributed by atoms with Crippen molar-refractivity contribution in [3.63, 3.8) is 0 Å². The molecule has 0 aliphatic rings. The third-order valence-electron chi connectivity index (χ3n) is 11.0. The number of rotatable bonds is 7. The average molecular weight is 755 g/mol. The van der Waals surface area contributed by atoms with Gasteiger partial charge in [0.1, 0.15) is 5.52 Å². The van der Waals surface area contributed by atoms with Crippen molar-refractivity contribution >= 4 is 32.6 Å². The minimum atomic E-state index is 0.622. The first-order valence-electron chi connectivity index (χ1n) is 19.7. The van der Waals surface area contributed by atoms with Gasteiger partial charge < -0.3 is 4.42 Å². The molecule has 11 aromatic rings. The summed E-state index contributed by atoms with van der Waals surface area (Å²) in [5.41, 5.74) is 12.0. The van der Waals surface area contributed by atoms with Crippen LogP contribution < -0.4 is 0 Å². The zero-order valence-corrected chi connectivity index (χ0v) is 31.8. The molecule has 0 aliphatic heterocycles. The van der Waals surface area contributed by atoms with Crippen LogP contribution in [0.4, 0.5) is 0 Å². The van der Waals surface area contributed by atoms with Crippen molar-refractivity contribution in [2.75, 3.05) is 0 Å². The third-order valence-corrected chi connectivity index (χ3v) is 11.0. The van der Waals surface area contributed by atoms with Crippen LogP contribution in [0, 0.1) is 0 Å². The molecular formula is C54H34N4O. The van der Waals surface area contributed by atoms with Crippen molar-refractivity contribution in [3.05, 3.63) is 206 Å². The Balaban J connectivity index is 0.971. The summed E-state index contributed by atoms with van der Waals surface area (Å²) in [4.78, 5) is 19.7. The van der Waals surface area contributed by atoms with E-state index in [4.69, 9.17) is 24.4 Å². The number of nitrogens with zero attached hydrogens (tertiary/aromatic N) is 4. The van der Waals surface area contributed by atoms with Gasteiger partial charge in [0.25, 0.3) is 0 Å². The molecular weight excluding hydrogens is 721 g/mol. The molecule has 0 bridgehead atoms. The van der Waals surface area contributed by atoms with E-state index in [9.17, 15) is 0 Å². The number of benzene rings is 9. The van der Waals surface area contributed by atoms with Gasteiger partial charge in [-0.3, -0.25) is 0 Å². The summed E-state index contributed by atoms with van der Waals surface area (Å²) in [6.07, 6.45) is 0. The zero-order chi connectivity index (χ0) is 39.1. The summed E-state index contributed by atoms with van der Waals surface area (Å²) in [7, 11) is 0. The van der Waals surface area contributed by atoms with E-state index in [2.05, 4.69) is 133 Å². The minimum absolute atomic E-state index is 0.622. The third kappa shape index (κ3) is 6.32. The molecule has 0 saturated carbocycles. The van der Waals surface area contributed by atoms with Crippen LogP contribution in [0.2, 0.25) is 0 Å². The van der Waals surface area contributed by atoms with Crippen LogP contribution in [-0.2, 0) is 0 Å². The second kappa shape index (κ2) is 14.5. The van der Waals surface area contributed by atoms with Gasteiger partial charge in [0, 0.05) is 27.8 Å². The average Bonchev–Trinajstić information content (AvgIpc) is 3.76. The lowest BCUT2D eigenvalue weighted by molar-refractivity contribution is 0.621. The Bertz CT molecular complexity index is 3240.